The van der Waals surface area contributed by atoms with Gasteiger partial charge in [0.15, 0.2) is 0 Å². The van der Waals surface area contributed by atoms with Crippen molar-refractivity contribution in [2.45, 2.75) is 24.7 Å². The highest BCUT2D eigenvalue weighted by atomic mass is 35.5. The van der Waals surface area contributed by atoms with Crippen LogP contribution in [-0.4, -0.2) is 33.6 Å². The molecule has 0 saturated carbocycles. The van der Waals surface area contributed by atoms with Crippen LogP contribution in [0, 0.1) is 0 Å². The molecular formula is C19H20ClN3O5S. The third kappa shape index (κ3) is 4.46. The summed E-state index contributed by atoms with van der Waals surface area (Å²) in [6.07, 6.45) is 0.655. The van der Waals surface area contributed by atoms with Gasteiger partial charge in [-0.25, -0.2) is 18.6 Å². The van der Waals surface area contributed by atoms with E-state index in [0.29, 0.717) is 18.7 Å². The Labute approximate surface area is 173 Å². The highest BCUT2D eigenvalue weighted by Gasteiger charge is 2.30. The molecule has 3 rings (SSSR count). The van der Waals surface area contributed by atoms with E-state index < -0.39 is 22.0 Å². The Morgan fingerprint density at radius 2 is 1.93 bits per heavy atom. The zero-order valence-electron chi connectivity index (χ0n) is 15.6. The Hall–Kier alpha value is -2.78. The number of hydrazine groups is 1. The molecule has 2 N–H and O–H groups in total. The largest absolute Gasteiger partial charge is 0.449 e. The Morgan fingerprint density at radius 3 is 2.69 bits per heavy atom. The molecule has 0 atom stereocenters. The summed E-state index contributed by atoms with van der Waals surface area (Å²) in [4.78, 5) is 23.6. The van der Waals surface area contributed by atoms with Crippen LogP contribution in [0.4, 0.5) is 10.5 Å². The van der Waals surface area contributed by atoms with Crippen molar-refractivity contribution in [3.05, 3.63) is 58.6 Å². The lowest BCUT2D eigenvalue weighted by molar-refractivity contribution is 0.0912. The van der Waals surface area contributed by atoms with Crippen molar-refractivity contribution in [3.63, 3.8) is 0 Å². The number of sulfonamides is 1. The Bertz CT molecular complexity index is 1040. The molecule has 0 radical (unpaired) electrons. The SMILES string of the molecule is CCOC(=O)NNC(=O)c1cc(S(=O)(=O)N2CCCc3ccccc32)ccc1Cl. The van der Waals surface area contributed by atoms with E-state index in [2.05, 4.69) is 15.6 Å². The first-order valence-electron chi connectivity index (χ1n) is 8.98. The molecule has 0 unspecified atom stereocenters. The van der Waals surface area contributed by atoms with E-state index in [0.717, 1.165) is 12.0 Å². The summed E-state index contributed by atoms with van der Waals surface area (Å²) >= 11 is 6.07. The first-order chi connectivity index (χ1) is 13.8. The van der Waals surface area contributed by atoms with E-state index in [1.807, 2.05) is 12.1 Å². The van der Waals surface area contributed by atoms with Gasteiger partial charge in [0.25, 0.3) is 15.9 Å². The van der Waals surface area contributed by atoms with Crippen LogP contribution in [-0.2, 0) is 21.2 Å². The van der Waals surface area contributed by atoms with E-state index in [9.17, 15) is 18.0 Å². The van der Waals surface area contributed by atoms with Gasteiger partial charge in [0.05, 0.1) is 27.8 Å². The number of hydrogen-bond acceptors (Lipinski definition) is 5. The van der Waals surface area contributed by atoms with Crippen molar-refractivity contribution in [1.29, 1.82) is 0 Å². The van der Waals surface area contributed by atoms with Crippen molar-refractivity contribution in [3.8, 4) is 0 Å². The lowest BCUT2D eigenvalue weighted by Crippen LogP contribution is -2.42. The Kier molecular flexibility index (Phi) is 6.29. The lowest BCUT2D eigenvalue weighted by Gasteiger charge is -2.30. The van der Waals surface area contributed by atoms with Crippen LogP contribution in [0.15, 0.2) is 47.4 Å². The molecular weight excluding hydrogens is 418 g/mol. The van der Waals surface area contributed by atoms with Gasteiger partial charge in [0.1, 0.15) is 0 Å². The maximum atomic E-state index is 13.2. The zero-order chi connectivity index (χ0) is 21.0. The van der Waals surface area contributed by atoms with Crippen molar-refractivity contribution in [2.24, 2.45) is 0 Å². The van der Waals surface area contributed by atoms with Gasteiger partial charge in [-0.2, -0.15) is 0 Å². The second kappa shape index (κ2) is 8.71. The third-order valence-electron chi connectivity index (χ3n) is 4.39. The van der Waals surface area contributed by atoms with E-state index in [4.69, 9.17) is 11.6 Å². The van der Waals surface area contributed by atoms with Gasteiger partial charge in [-0.3, -0.25) is 14.5 Å². The molecule has 1 aliphatic rings. The van der Waals surface area contributed by atoms with E-state index in [1.54, 1.807) is 19.1 Å². The number of carbonyl (C=O) groups excluding carboxylic acids is 2. The van der Waals surface area contributed by atoms with Crippen LogP contribution in [0.25, 0.3) is 0 Å². The average Bonchev–Trinajstić information content (AvgIpc) is 2.72. The predicted octanol–water partition coefficient (Wildman–Crippen LogP) is 2.87. The maximum Gasteiger partial charge on any atom is 0.426 e. The smallest absolute Gasteiger partial charge is 0.426 e. The molecule has 0 bridgehead atoms. The quantitative estimate of drug-likeness (QED) is 0.715. The van der Waals surface area contributed by atoms with Crippen LogP contribution >= 0.6 is 11.6 Å². The minimum Gasteiger partial charge on any atom is -0.449 e. The number of halogens is 1. The summed E-state index contributed by atoms with van der Waals surface area (Å²) in [5, 5.41) is 0.0474. The van der Waals surface area contributed by atoms with Gasteiger partial charge in [0.2, 0.25) is 0 Å². The minimum absolute atomic E-state index is 0.0474. The number of carbonyl (C=O) groups is 2. The second-order valence-corrected chi connectivity index (χ2v) is 8.52. The monoisotopic (exact) mass is 437 g/mol. The molecule has 0 spiro atoms. The van der Waals surface area contributed by atoms with E-state index >= 15 is 0 Å². The molecule has 0 saturated heterocycles. The maximum absolute atomic E-state index is 13.2. The molecule has 10 heteroatoms. The van der Waals surface area contributed by atoms with Gasteiger partial charge < -0.3 is 4.74 Å². The van der Waals surface area contributed by atoms with Gasteiger partial charge in [0, 0.05) is 6.54 Å². The number of fused-ring (bicyclic) bond motifs is 1. The second-order valence-electron chi connectivity index (χ2n) is 6.25. The highest BCUT2D eigenvalue weighted by Crippen LogP contribution is 2.32. The normalized spacial score (nSPS) is 13.4. The number of rotatable bonds is 4. The fourth-order valence-corrected chi connectivity index (χ4v) is 4.83. The molecule has 2 amide bonds. The third-order valence-corrected chi connectivity index (χ3v) is 6.53. The van der Waals surface area contributed by atoms with Crippen molar-refractivity contribution >= 4 is 39.3 Å². The van der Waals surface area contributed by atoms with E-state index in [1.165, 1.54) is 22.5 Å². The molecule has 1 heterocycles. The van der Waals surface area contributed by atoms with Crippen molar-refractivity contribution in [2.75, 3.05) is 17.5 Å². The molecule has 2 aromatic carbocycles. The lowest BCUT2D eigenvalue weighted by atomic mass is 10.0. The zero-order valence-corrected chi connectivity index (χ0v) is 17.2. The fourth-order valence-electron chi connectivity index (χ4n) is 3.06. The van der Waals surface area contributed by atoms with Gasteiger partial charge >= 0.3 is 6.09 Å². The molecule has 0 fully saturated rings. The fraction of sp³-hybridized carbons (Fsp3) is 0.263. The van der Waals surface area contributed by atoms with Crippen molar-refractivity contribution in [1.82, 2.24) is 10.9 Å². The Morgan fingerprint density at radius 1 is 1.17 bits per heavy atom. The summed E-state index contributed by atoms with van der Waals surface area (Å²) in [7, 11) is -3.91. The number of amides is 2. The summed E-state index contributed by atoms with van der Waals surface area (Å²) in [6.45, 7) is 2.09. The molecule has 8 nitrogen and oxygen atoms in total. The summed E-state index contributed by atoms with van der Waals surface area (Å²) in [5.41, 5.74) is 5.70. The highest BCUT2D eigenvalue weighted by molar-refractivity contribution is 7.92. The van der Waals surface area contributed by atoms with Gasteiger partial charge in [-0.1, -0.05) is 29.8 Å². The van der Waals surface area contributed by atoms with Crippen molar-refractivity contribution < 1.29 is 22.7 Å². The van der Waals surface area contributed by atoms with Crippen LogP contribution in [0.2, 0.25) is 5.02 Å². The molecule has 0 aliphatic carbocycles. The number of nitrogens with zero attached hydrogens (tertiary/aromatic N) is 1. The van der Waals surface area contributed by atoms with Crippen LogP contribution < -0.4 is 15.2 Å². The minimum atomic E-state index is -3.91. The van der Waals surface area contributed by atoms with Crippen LogP contribution in [0.1, 0.15) is 29.3 Å². The predicted molar refractivity (Wildman–Crippen MR) is 108 cm³/mol. The van der Waals surface area contributed by atoms with Gasteiger partial charge in [-0.05, 0) is 49.6 Å². The molecule has 0 aromatic heterocycles. The number of para-hydroxylation sites is 1. The Balaban J connectivity index is 1.89. The molecule has 154 valence electrons. The first kappa shape index (κ1) is 20.9. The standard InChI is InChI=1S/C19H20ClN3O5S/c1-2-28-19(25)22-21-18(24)15-12-14(9-10-16(15)20)29(26,27)23-11-5-7-13-6-3-4-8-17(13)23/h3-4,6,8-10,12H,2,5,7,11H2,1H3,(H,21,24)(H,22,25). The molecule has 2 aromatic rings. The topological polar surface area (TPSA) is 105 Å². The van der Waals surface area contributed by atoms with E-state index in [-0.39, 0.29) is 22.1 Å². The number of aryl methyl sites for hydroxylation is 1. The summed E-state index contributed by atoms with van der Waals surface area (Å²) < 4.78 is 32.5. The molecule has 1 aliphatic heterocycles. The average molecular weight is 438 g/mol. The number of anilines is 1. The van der Waals surface area contributed by atoms with Crippen LogP contribution in [0.3, 0.4) is 0 Å². The number of nitrogens with one attached hydrogen (secondary N) is 2. The summed E-state index contributed by atoms with van der Waals surface area (Å²) in [6, 6.07) is 11.2. The molecule has 29 heavy (non-hydrogen) atoms. The van der Waals surface area contributed by atoms with Gasteiger partial charge in [-0.15, -0.1) is 0 Å². The number of ether oxygens (including phenoxy) is 1. The first-order valence-corrected chi connectivity index (χ1v) is 10.8. The summed E-state index contributed by atoms with van der Waals surface area (Å²) in [5.74, 6) is -0.765. The number of hydrogen-bond donors (Lipinski definition) is 2. The number of benzene rings is 2. The van der Waals surface area contributed by atoms with Crippen LogP contribution in [0.5, 0.6) is 0 Å².